The predicted molar refractivity (Wildman–Crippen MR) is 205 cm³/mol. The summed E-state index contributed by atoms with van der Waals surface area (Å²) in [5, 5.41) is 13.6. The SMILES string of the molecule is c1ccc(-c2c3c(c(-c4ccccc4)c4ccccc24)-c2ccc4c5ccc6c7c(ccc(c8ccc-3c2c84)c75)-c2ccccc2-6)cc1. The zero-order valence-electron chi connectivity index (χ0n) is 26.0. The van der Waals surface area contributed by atoms with E-state index in [1.54, 1.807) is 0 Å². The van der Waals surface area contributed by atoms with E-state index >= 15 is 0 Å². The first kappa shape index (κ1) is 24.9. The summed E-state index contributed by atoms with van der Waals surface area (Å²) in [6, 6.07) is 59.1. The largest absolute Gasteiger partial charge is 0.0622 e. The van der Waals surface area contributed by atoms with Gasteiger partial charge >= 0.3 is 0 Å². The minimum Gasteiger partial charge on any atom is -0.0622 e. The van der Waals surface area contributed by atoms with Gasteiger partial charge in [0.1, 0.15) is 0 Å². The Bertz CT molecular complexity index is 2820. The van der Waals surface area contributed by atoms with Crippen LogP contribution < -0.4 is 0 Å². The van der Waals surface area contributed by atoms with Crippen molar-refractivity contribution in [2.24, 2.45) is 0 Å². The molecule has 0 heterocycles. The van der Waals surface area contributed by atoms with Crippen molar-refractivity contribution in [2.45, 2.75) is 0 Å². The van der Waals surface area contributed by atoms with E-state index in [0.29, 0.717) is 0 Å². The number of rotatable bonds is 2. The van der Waals surface area contributed by atoms with Crippen LogP contribution in [0.15, 0.2) is 158 Å². The first-order valence-electron chi connectivity index (χ1n) is 16.9. The predicted octanol–water partition coefficient (Wildman–Crippen LogP) is 13.5. The molecule has 0 N–H and O–H groups in total. The molecule has 10 aromatic carbocycles. The van der Waals surface area contributed by atoms with Crippen LogP contribution in [0, 0.1) is 0 Å². The van der Waals surface area contributed by atoms with Crippen LogP contribution >= 0.6 is 0 Å². The maximum atomic E-state index is 2.43. The molecule has 0 aromatic heterocycles. The minimum atomic E-state index is 1.26. The fraction of sp³-hybridized carbons (Fsp3) is 0. The van der Waals surface area contributed by atoms with Gasteiger partial charge in [-0.25, -0.2) is 0 Å². The molecule has 12 rings (SSSR count). The smallest absolute Gasteiger partial charge is 0.000740 e. The summed E-state index contributed by atoms with van der Waals surface area (Å²) in [6.07, 6.45) is 0. The Labute approximate surface area is 277 Å². The highest BCUT2D eigenvalue weighted by Crippen LogP contribution is 2.60. The molecule has 2 aliphatic carbocycles. The van der Waals surface area contributed by atoms with E-state index in [0.717, 1.165) is 0 Å². The second-order valence-corrected chi connectivity index (χ2v) is 13.5. The highest BCUT2D eigenvalue weighted by Gasteiger charge is 2.32. The molecule has 0 heteroatoms. The van der Waals surface area contributed by atoms with E-state index in [1.807, 2.05) is 0 Å². The average molecular weight is 603 g/mol. The van der Waals surface area contributed by atoms with Crippen molar-refractivity contribution in [1.82, 2.24) is 0 Å². The molecule has 48 heavy (non-hydrogen) atoms. The molecule has 10 aromatic rings. The van der Waals surface area contributed by atoms with Gasteiger partial charge in [0.15, 0.2) is 0 Å². The molecule has 0 unspecified atom stereocenters. The van der Waals surface area contributed by atoms with E-state index in [9.17, 15) is 0 Å². The molecule has 0 aliphatic heterocycles. The van der Waals surface area contributed by atoms with Gasteiger partial charge in [0.25, 0.3) is 0 Å². The maximum absolute atomic E-state index is 2.43. The molecule has 218 valence electrons. The number of hydrogen-bond acceptors (Lipinski definition) is 0. The van der Waals surface area contributed by atoms with Gasteiger partial charge in [0.05, 0.1) is 0 Å². The lowest BCUT2D eigenvalue weighted by Crippen LogP contribution is -1.93. The lowest BCUT2D eigenvalue weighted by Gasteiger charge is -2.20. The van der Waals surface area contributed by atoms with Crippen LogP contribution in [0.4, 0.5) is 0 Å². The van der Waals surface area contributed by atoms with Crippen molar-refractivity contribution < 1.29 is 0 Å². The molecule has 0 saturated carbocycles. The normalized spacial score (nSPS) is 12.6. The van der Waals surface area contributed by atoms with Gasteiger partial charge < -0.3 is 0 Å². The van der Waals surface area contributed by atoms with Gasteiger partial charge in [0, 0.05) is 0 Å². The summed E-state index contributed by atoms with van der Waals surface area (Å²) >= 11 is 0. The third-order valence-electron chi connectivity index (χ3n) is 11.3. The fourth-order valence-corrected chi connectivity index (χ4v) is 9.49. The molecule has 0 fully saturated rings. The third-order valence-corrected chi connectivity index (χ3v) is 11.3. The molecular formula is C48H26. The van der Waals surface area contributed by atoms with Crippen molar-refractivity contribution in [3.63, 3.8) is 0 Å². The Hall–Kier alpha value is -6.24. The molecular weight excluding hydrogens is 577 g/mol. The van der Waals surface area contributed by atoms with Crippen LogP contribution in [-0.2, 0) is 0 Å². The summed E-state index contributed by atoms with van der Waals surface area (Å²) in [6.45, 7) is 0. The van der Waals surface area contributed by atoms with Gasteiger partial charge in [0.2, 0.25) is 0 Å². The van der Waals surface area contributed by atoms with E-state index in [1.165, 1.54) is 121 Å². The van der Waals surface area contributed by atoms with Crippen LogP contribution in [0.1, 0.15) is 0 Å². The Balaban J connectivity index is 1.29. The lowest BCUT2D eigenvalue weighted by atomic mass is 9.82. The molecule has 0 spiro atoms. The molecule has 2 aliphatic rings. The van der Waals surface area contributed by atoms with Crippen molar-refractivity contribution in [1.29, 1.82) is 0 Å². The fourth-order valence-electron chi connectivity index (χ4n) is 9.49. The van der Waals surface area contributed by atoms with Crippen molar-refractivity contribution in [2.75, 3.05) is 0 Å². The molecule has 0 bridgehead atoms. The second kappa shape index (κ2) is 8.76. The quantitative estimate of drug-likeness (QED) is 0.136. The van der Waals surface area contributed by atoms with Gasteiger partial charge in [-0.05, 0) is 121 Å². The van der Waals surface area contributed by atoms with Gasteiger partial charge in [-0.15, -0.1) is 0 Å². The summed E-state index contributed by atoms with van der Waals surface area (Å²) in [4.78, 5) is 0. The summed E-state index contributed by atoms with van der Waals surface area (Å²) in [5.74, 6) is 0. The van der Waals surface area contributed by atoms with Crippen LogP contribution in [-0.4, -0.2) is 0 Å². The highest BCUT2D eigenvalue weighted by molar-refractivity contribution is 6.41. The van der Waals surface area contributed by atoms with Crippen LogP contribution in [0.2, 0.25) is 0 Å². The van der Waals surface area contributed by atoms with E-state index in [2.05, 4.69) is 158 Å². The van der Waals surface area contributed by atoms with Crippen LogP contribution in [0.5, 0.6) is 0 Å². The van der Waals surface area contributed by atoms with Crippen molar-refractivity contribution in [3.8, 4) is 66.8 Å². The zero-order valence-corrected chi connectivity index (χ0v) is 26.0. The topological polar surface area (TPSA) is 0 Å². The standard InChI is InChI=1S/C48H26/c1-3-11-27(12-4-1)41-31-17-9-10-18-32(31)42(28-13-5-2-6-14-28)48-40-26-24-38-36-22-20-34-30-16-8-7-15-29(30)33-19-21-35(44(36)43(33)34)37-23-25-39(47(41)48)46(40)45(37)38/h1-26H. The van der Waals surface area contributed by atoms with Gasteiger partial charge in [-0.1, -0.05) is 158 Å². The lowest BCUT2D eigenvalue weighted by molar-refractivity contribution is 1.62. The molecule has 0 atom stereocenters. The summed E-state index contributed by atoms with van der Waals surface area (Å²) < 4.78 is 0. The number of fused-ring (bicyclic) bond motifs is 9. The van der Waals surface area contributed by atoms with Crippen LogP contribution in [0.25, 0.3) is 121 Å². The first-order valence-corrected chi connectivity index (χ1v) is 16.9. The first-order chi connectivity index (χ1) is 23.9. The zero-order chi connectivity index (χ0) is 31.1. The molecule has 0 nitrogen and oxygen atoms in total. The summed E-state index contributed by atoms with van der Waals surface area (Å²) in [7, 11) is 0. The van der Waals surface area contributed by atoms with E-state index in [4.69, 9.17) is 0 Å². The van der Waals surface area contributed by atoms with Gasteiger partial charge in [-0.3, -0.25) is 0 Å². The number of hydrogen-bond donors (Lipinski definition) is 0. The highest BCUT2D eigenvalue weighted by atomic mass is 14.3. The van der Waals surface area contributed by atoms with Crippen molar-refractivity contribution in [3.05, 3.63) is 158 Å². The van der Waals surface area contributed by atoms with E-state index < -0.39 is 0 Å². The molecule has 0 radical (unpaired) electrons. The second-order valence-electron chi connectivity index (χ2n) is 13.5. The third kappa shape index (κ3) is 2.89. The molecule has 0 amide bonds. The minimum absolute atomic E-state index is 1.26. The Morgan fingerprint density at radius 2 is 0.542 bits per heavy atom. The summed E-state index contributed by atoms with van der Waals surface area (Å²) in [5.41, 5.74) is 16.0. The molecule has 0 saturated heterocycles. The van der Waals surface area contributed by atoms with Gasteiger partial charge in [-0.2, -0.15) is 0 Å². The maximum Gasteiger partial charge on any atom is -0.000740 e. The monoisotopic (exact) mass is 602 g/mol. The van der Waals surface area contributed by atoms with E-state index in [-0.39, 0.29) is 0 Å². The Morgan fingerprint density at radius 1 is 0.188 bits per heavy atom. The van der Waals surface area contributed by atoms with Crippen LogP contribution in [0.3, 0.4) is 0 Å². The average Bonchev–Trinajstić information content (AvgIpc) is 3.67. The number of benzene rings is 10. The van der Waals surface area contributed by atoms with Crippen molar-refractivity contribution >= 4 is 53.9 Å². The Morgan fingerprint density at radius 3 is 0.979 bits per heavy atom. The Kier molecular flexibility index (Phi) is 4.55.